The molecule has 1 fully saturated rings. The Balaban J connectivity index is 2.09. The summed E-state index contributed by atoms with van der Waals surface area (Å²) in [4.78, 5) is 36.7. The molecule has 2 rings (SSSR count). The number of carbonyl (C=O) groups excluding carboxylic acids is 2. The van der Waals surface area contributed by atoms with Crippen LogP contribution in [0.4, 0.5) is 4.79 Å². The van der Waals surface area contributed by atoms with Gasteiger partial charge in [0.2, 0.25) is 0 Å². The SMILES string of the molecule is COC(=O)C1C(C(=O)O)CCCN1C(=O)OCc1ccccc1. The van der Waals surface area contributed by atoms with Crippen molar-refractivity contribution in [2.75, 3.05) is 13.7 Å². The number of nitrogens with zero attached hydrogens (tertiary/aromatic N) is 1. The number of aliphatic carboxylic acids is 1. The average Bonchev–Trinajstić information content (AvgIpc) is 2.59. The summed E-state index contributed by atoms with van der Waals surface area (Å²) in [6.45, 7) is 0.318. The highest BCUT2D eigenvalue weighted by molar-refractivity contribution is 5.87. The van der Waals surface area contributed by atoms with E-state index in [4.69, 9.17) is 4.74 Å². The maximum atomic E-state index is 12.3. The lowest BCUT2D eigenvalue weighted by Crippen LogP contribution is -2.55. The van der Waals surface area contributed by atoms with Crippen LogP contribution in [0.15, 0.2) is 30.3 Å². The Morgan fingerprint density at radius 1 is 1.26 bits per heavy atom. The van der Waals surface area contributed by atoms with Crippen molar-refractivity contribution >= 4 is 18.0 Å². The monoisotopic (exact) mass is 321 g/mol. The van der Waals surface area contributed by atoms with Crippen molar-refractivity contribution in [3.63, 3.8) is 0 Å². The van der Waals surface area contributed by atoms with Gasteiger partial charge in [-0.25, -0.2) is 9.59 Å². The molecule has 7 nitrogen and oxygen atoms in total. The fourth-order valence-electron chi connectivity index (χ4n) is 2.67. The molecule has 2 unspecified atom stereocenters. The summed E-state index contributed by atoms with van der Waals surface area (Å²) in [5.74, 6) is -2.85. The second kappa shape index (κ2) is 7.62. The van der Waals surface area contributed by atoms with E-state index in [1.54, 1.807) is 12.1 Å². The smallest absolute Gasteiger partial charge is 0.410 e. The van der Waals surface area contributed by atoms with E-state index in [2.05, 4.69) is 4.74 Å². The lowest BCUT2D eigenvalue weighted by molar-refractivity contribution is -0.159. The predicted molar refractivity (Wildman–Crippen MR) is 79.5 cm³/mol. The number of carbonyl (C=O) groups is 3. The highest BCUT2D eigenvalue weighted by Crippen LogP contribution is 2.26. The Labute approximate surface area is 133 Å². The highest BCUT2D eigenvalue weighted by atomic mass is 16.6. The molecular weight excluding hydrogens is 302 g/mol. The summed E-state index contributed by atoms with van der Waals surface area (Å²) >= 11 is 0. The Morgan fingerprint density at radius 3 is 2.57 bits per heavy atom. The number of esters is 1. The second-order valence-electron chi connectivity index (χ2n) is 5.29. The molecule has 1 amide bonds. The number of likely N-dealkylation sites (tertiary alicyclic amines) is 1. The molecule has 124 valence electrons. The van der Waals surface area contributed by atoms with Gasteiger partial charge in [0.25, 0.3) is 0 Å². The Bertz CT molecular complexity index is 573. The van der Waals surface area contributed by atoms with Gasteiger partial charge >= 0.3 is 18.0 Å². The molecular formula is C16H19NO6. The van der Waals surface area contributed by atoms with E-state index in [0.717, 1.165) is 10.5 Å². The minimum atomic E-state index is -1.16. The van der Waals surface area contributed by atoms with Gasteiger partial charge < -0.3 is 14.6 Å². The number of hydrogen-bond donors (Lipinski definition) is 1. The molecule has 0 spiro atoms. The van der Waals surface area contributed by atoms with Gasteiger partial charge in [-0.3, -0.25) is 9.69 Å². The first-order valence-corrected chi connectivity index (χ1v) is 7.32. The van der Waals surface area contributed by atoms with Gasteiger partial charge in [-0.15, -0.1) is 0 Å². The van der Waals surface area contributed by atoms with Gasteiger partial charge in [-0.05, 0) is 18.4 Å². The summed E-state index contributed by atoms with van der Waals surface area (Å²) < 4.78 is 9.87. The van der Waals surface area contributed by atoms with Crippen molar-refractivity contribution in [2.24, 2.45) is 5.92 Å². The van der Waals surface area contributed by atoms with Crippen LogP contribution in [0.5, 0.6) is 0 Å². The molecule has 0 radical (unpaired) electrons. The average molecular weight is 321 g/mol. The number of rotatable bonds is 4. The third-order valence-corrected chi connectivity index (χ3v) is 3.83. The van der Waals surface area contributed by atoms with Crippen molar-refractivity contribution in [2.45, 2.75) is 25.5 Å². The van der Waals surface area contributed by atoms with Crippen LogP contribution in [0.3, 0.4) is 0 Å². The first-order chi connectivity index (χ1) is 11.0. The predicted octanol–water partition coefficient (Wildman–Crippen LogP) is 1.66. The zero-order valence-corrected chi connectivity index (χ0v) is 12.8. The fraction of sp³-hybridized carbons (Fsp3) is 0.438. The third-order valence-electron chi connectivity index (χ3n) is 3.83. The zero-order valence-electron chi connectivity index (χ0n) is 12.8. The lowest BCUT2D eigenvalue weighted by Gasteiger charge is -2.36. The number of piperidine rings is 1. The Kier molecular flexibility index (Phi) is 5.56. The maximum Gasteiger partial charge on any atom is 0.410 e. The van der Waals surface area contributed by atoms with E-state index < -0.39 is 30.0 Å². The molecule has 0 saturated carbocycles. The van der Waals surface area contributed by atoms with Crippen molar-refractivity contribution < 1.29 is 29.0 Å². The molecule has 1 aliphatic rings. The second-order valence-corrected chi connectivity index (χ2v) is 5.29. The molecule has 1 saturated heterocycles. The Morgan fingerprint density at radius 2 is 1.96 bits per heavy atom. The zero-order chi connectivity index (χ0) is 16.8. The van der Waals surface area contributed by atoms with Crippen LogP contribution in [0, 0.1) is 5.92 Å². The topological polar surface area (TPSA) is 93.1 Å². The molecule has 0 aliphatic carbocycles. The summed E-state index contributed by atoms with van der Waals surface area (Å²) in [5.41, 5.74) is 0.808. The third kappa shape index (κ3) is 4.00. The molecule has 1 heterocycles. The Hall–Kier alpha value is -2.57. The number of methoxy groups -OCH3 is 1. The minimum Gasteiger partial charge on any atom is -0.481 e. The number of benzene rings is 1. The van der Waals surface area contributed by atoms with Crippen LogP contribution >= 0.6 is 0 Å². The van der Waals surface area contributed by atoms with Crippen molar-refractivity contribution in [1.29, 1.82) is 0 Å². The van der Waals surface area contributed by atoms with Crippen LogP contribution in [0.2, 0.25) is 0 Å². The fourth-order valence-corrected chi connectivity index (χ4v) is 2.67. The summed E-state index contributed by atoms with van der Waals surface area (Å²) in [7, 11) is 1.17. The van der Waals surface area contributed by atoms with E-state index in [1.165, 1.54) is 7.11 Å². The number of ether oxygens (including phenoxy) is 2. The van der Waals surface area contributed by atoms with Gasteiger partial charge in [-0.2, -0.15) is 0 Å². The first-order valence-electron chi connectivity index (χ1n) is 7.32. The number of amides is 1. The van der Waals surface area contributed by atoms with Crippen LogP contribution in [-0.2, 0) is 25.7 Å². The van der Waals surface area contributed by atoms with Gasteiger partial charge in [-0.1, -0.05) is 30.3 Å². The van der Waals surface area contributed by atoms with Crippen LogP contribution < -0.4 is 0 Å². The summed E-state index contributed by atoms with van der Waals surface area (Å²) in [6, 6.07) is 7.95. The number of carboxylic acids is 1. The summed E-state index contributed by atoms with van der Waals surface area (Å²) in [6.07, 6.45) is 0.0952. The number of hydrogen-bond acceptors (Lipinski definition) is 5. The standard InChI is InChI=1S/C16H19NO6/c1-22-15(20)13-12(14(18)19)8-5-9-17(13)16(21)23-10-11-6-3-2-4-7-11/h2-4,6-7,12-13H,5,8-10H2,1H3,(H,18,19). The van der Waals surface area contributed by atoms with Gasteiger partial charge in [0.15, 0.2) is 0 Å². The molecule has 1 aromatic rings. The molecule has 0 bridgehead atoms. The molecule has 2 atom stereocenters. The van der Waals surface area contributed by atoms with Crippen molar-refractivity contribution in [1.82, 2.24) is 4.90 Å². The van der Waals surface area contributed by atoms with Crippen molar-refractivity contribution in [3.05, 3.63) is 35.9 Å². The quantitative estimate of drug-likeness (QED) is 0.848. The largest absolute Gasteiger partial charge is 0.481 e. The van der Waals surface area contributed by atoms with Gasteiger partial charge in [0.05, 0.1) is 13.0 Å². The number of carboxylic acid groups (broad SMARTS) is 1. The lowest BCUT2D eigenvalue weighted by atomic mass is 9.89. The van der Waals surface area contributed by atoms with Crippen molar-refractivity contribution in [3.8, 4) is 0 Å². The van der Waals surface area contributed by atoms with Crippen LogP contribution in [-0.4, -0.2) is 47.7 Å². The maximum absolute atomic E-state index is 12.3. The first kappa shape index (κ1) is 16.8. The molecule has 23 heavy (non-hydrogen) atoms. The van der Waals surface area contributed by atoms with Gasteiger partial charge in [0, 0.05) is 6.54 Å². The van der Waals surface area contributed by atoms with Gasteiger partial charge in [0.1, 0.15) is 12.6 Å². The van der Waals surface area contributed by atoms with E-state index in [0.29, 0.717) is 12.8 Å². The minimum absolute atomic E-state index is 0.0573. The molecule has 1 N–H and O–H groups in total. The summed E-state index contributed by atoms with van der Waals surface area (Å²) in [5, 5.41) is 9.27. The normalized spacial score (nSPS) is 20.7. The highest BCUT2D eigenvalue weighted by Gasteiger charge is 2.44. The van der Waals surface area contributed by atoms with Crippen LogP contribution in [0.1, 0.15) is 18.4 Å². The van der Waals surface area contributed by atoms with E-state index in [9.17, 15) is 19.5 Å². The van der Waals surface area contributed by atoms with E-state index >= 15 is 0 Å². The van der Waals surface area contributed by atoms with E-state index in [1.807, 2.05) is 18.2 Å². The van der Waals surface area contributed by atoms with E-state index in [-0.39, 0.29) is 13.2 Å². The van der Waals surface area contributed by atoms with Crippen LogP contribution in [0.25, 0.3) is 0 Å². The molecule has 1 aromatic carbocycles. The molecule has 7 heteroatoms. The molecule has 0 aromatic heterocycles. The molecule has 1 aliphatic heterocycles.